The fourth-order valence-corrected chi connectivity index (χ4v) is 8.25. The van der Waals surface area contributed by atoms with Crippen LogP contribution in [0.3, 0.4) is 0 Å². The van der Waals surface area contributed by atoms with Gasteiger partial charge in [-0.2, -0.15) is 17.4 Å². The molecule has 2 aliphatic rings. The van der Waals surface area contributed by atoms with Crippen LogP contribution in [0.4, 0.5) is 5.13 Å². The van der Waals surface area contributed by atoms with Crippen molar-refractivity contribution in [3.05, 3.63) is 47.0 Å². The fraction of sp³-hybridized carbons (Fsp3) is 0.667. The van der Waals surface area contributed by atoms with Gasteiger partial charge < -0.3 is 31.4 Å². The number of nitrogens with zero attached hydrogens (tertiary/aromatic N) is 2. The Balaban J connectivity index is 0.00000650. The van der Waals surface area contributed by atoms with Crippen molar-refractivity contribution in [1.82, 2.24) is 19.3 Å². The van der Waals surface area contributed by atoms with E-state index in [1.54, 1.807) is 29.6 Å². The highest BCUT2D eigenvalue weighted by molar-refractivity contribution is 7.87. The SMILES string of the molecule is CC(C)C[C@H](OC(=O)[C@H](Cc1csc(N)n1)NC(=O)[C@H](Cc1ccccc1)NS(=O)(=O)N1CCOCC1)C(O)[C@@H](N)CC1CCCCC1.Cl. The molecule has 5 atom stereocenters. The van der Waals surface area contributed by atoms with Crippen molar-refractivity contribution in [2.24, 2.45) is 17.6 Å². The molecule has 0 radical (unpaired) electrons. The van der Waals surface area contributed by atoms with E-state index >= 15 is 0 Å². The third-order valence-corrected chi connectivity index (χ3v) is 11.3. The standard InChI is InChI=1S/C33H52N6O7S2.ClH/c1-22(2)17-29(30(40)26(34)18-23-9-5-3-6-10-23)46-32(42)28(20-25-21-47-33(35)36-25)37-31(41)27(19-24-11-7-4-8-12-24)38-48(43,44)39-13-15-45-16-14-39;/h4,7-8,11-12,21-23,26-30,38,40H,3,5-6,9-10,13-20,34H2,1-2H3,(H2,35,36)(H,37,41);1H/t26-,27-,28-,29-,30?;/m0./s1. The third kappa shape index (κ3) is 13.0. The second-order valence-corrected chi connectivity index (χ2v) is 15.9. The van der Waals surface area contributed by atoms with Gasteiger partial charge in [0.2, 0.25) is 5.91 Å². The first-order valence-electron chi connectivity index (χ1n) is 16.9. The second kappa shape index (κ2) is 19.9. The van der Waals surface area contributed by atoms with Crippen molar-refractivity contribution >= 4 is 51.0 Å². The highest BCUT2D eigenvalue weighted by Gasteiger charge is 2.36. The molecule has 1 unspecified atom stereocenters. The number of benzene rings is 1. The van der Waals surface area contributed by atoms with Crippen molar-refractivity contribution in [2.75, 3.05) is 32.0 Å². The number of ether oxygens (including phenoxy) is 2. The summed E-state index contributed by atoms with van der Waals surface area (Å²) in [5.74, 6) is -0.992. The van der Waals surface area contributed by atoms with Gasteiger partial charge in [0.05, 0.1) is 18.9 Å². The smallest absolute Gasteiger partial charge is 0.329 e. The molecule has 0 bridgehead atoms. The molecule has 49 heavy (non-hydrogen) atoms. The lowest BCUT2D eigenvalue weighted by Crippen LogP contribution is -2.57. The Kier molecular flexibility index (Phi) is 16.6. The number of aromatic nitrogens is 1. The van der Waals surface area contributed by atoms with E-state index in [0.29, 0.717) is 29.6 Å². The van der Waals surface area contributed by atoms with E-state index < -0.39 is 52.4 Å². The first-order valence-corrected chi connectivity index (χ1v) is 19.3. The highest BCUT2D eigenvalue weighted by Crippen LogP contribution is 2.29. The number of carbonyl (C=O) groups excluding carboxylic acids is 2. The summed E-state index contributed by atoms with van der Waals surface area (Å²) in [5, 5.41) is 16.1. The molecule has 276 valence electrons. The van der Waals surface area contributed by atoms with Gasteiger partial charge in [-0.05, 0) is 36.7 Å². The Morgan fingerprint density at radius 1 is 1.10 bits per heavy atom. The van der Waals surface area contributed by atoms with Crippen molar-refractivity contribution in [3.8, 4) is 0 Å². The molecule has 2 fully saturated rings. The summed E-state index contributed by atoms with van der Waals surface area (Å²) < 4.78 is 41.8. The number of hydrogen-bond donors (Lipinski definition) is 5. The molecule has 1 aliphatic heterocycles. The maximum atomic E-state index is 13.9. The molecule has 1 amide bonds. The lowest BCUT2D eigenvalue weighted by atomic mass is 9.83. The minimum absolute atomic E-state index is 0. The van der Waals surface area contributed by atoms with Crippen molar-refractivity contribution in [3.63, 3.8) is 0 Å². The maximum absolute atomic E-state index is 13.9. The monoisotopic (exact) mass is 744 g/mol. The van der Waals surface area contributed by atoms with Gasteiger partial charge in [0, 0.05) is 30.9 Å². The van der Waals surface area contributed by atoms with Crippen molar-refractivity contribution < 1.29 is 32.6 Å². The molecule has 16 heteroatoms. The number of morpholine rings is 1. The number of nitrogens with two attached hydrogens (primary N) is 2. The van der Waals surface area contributed by atoms with Crippen LogP contribution in [0.15, 0.2) is 35.7 Å². The first-order chi connectivity index (χ1) is 22.9. The summed E-state index contributed by atoms with van der Waals surface area (Å²) in [5.41, 5.74) is 13.5. The van der Waals surface area contributed by atoms with Crippen LogP contribution in [0.5, 0.6) is 0 Å². The number of carbonyl (C=O) groups is 2. The van der Waals surface area contributed by atoms with Crippen molar-refractivity contribution in [2.45, 2.75) is 102 Å². The Bertz CT molecular complexity index is 1410. The van der Waals surface area contributed by atoms with Crippen LogP contribution >= 0.6 is 23.7 Å². The average Bonchev–Trinajstić information content (AvgIpc) is 3.48. The van der Waals surface area contributed by atoms with E-state index in [4.69, 9.17) is 20.9 Å². The number of aliphatic hydroxyl groups excluding tert-OH is 1. The summed E-state index contributed by atoms with van der Waals surface area (Å²) >= 11 is 1.19. The van der Waals surface area contributed by atoms with E-state index in [0.717, 1.165) is 31.2 Å². The van der Waals surface area contributed by atoms with Gasteiger partial charge >= 0.3 is 5.97 Å². The largest absolute Gasteiger partial charge is 0.458 e. The van der Waals surface area contributed by atoms with Gasteiger partial charge in [0.1, 0.15) is 24.3 Å². The minimum atomic E-state index is -4.07. The summed E-state index contributed by atoms with van der Waals surface area (Å²) in [6.07, 6.45) is 4.62. The van der Waals surface area contributed by atoms with E-state index in [2.05, 4.69) is 15.0 Å². The summed E-state index contributed by atoms with van der Waals surface area (Å²) in [7, 11) is -4.07. The van der Waals surface area contributed by atoms with Crippen LogP contribution in [0.25, 0.3) is 0 Å². The third-order valence-electron chi connectivity index (χ3n) is 8.91. The van der Waals surface area contributed by atoms with Crippen molar-refractivity contribution in [1.29, 1.82) is 0 Å². The normalized spacial score (nSPS) is 19.3. The number of nitrogens with one attached hydrogen (secondary N) is 2. The van der Waals surface area contributed by atoms with Crippen LogP contribution in [0, 0.1) is 11.8 Å². The Hall–Kier alpha value is -2.37. The van der Waals surface area contributed by atoms with E-state index in [9.17, 15) is 23.1 Å². The lowest BCUT2D eigenvalue weighted by molar-refractivity contribution is -0.161. The molecule has 7 N–H and O–H groups in total. The maximum Gasteiger partial charge on any atom is 0.329 e. The topological polar surface area (TPSA) is 199 Å². The molecular formula is C33H53ClN6O7S2. The van der Waals surface area contributed by atoms with E-state index in [1.165, 1.54) is 22.1 Å². The Morgan fingerprint density at radius 3 is 2.39 bits per heavy atom. The van der Waals surface area contributed by atoms with Gasteiger partial charge in [0.15, 0.2) is 5.13 Å². The van der Waals surface area contributed by atoms with Crippen LogP contribution in [0.2, 0.25) is 0 Å². The molecule has 0 spiro atoms. The molecule has 1 aromatic carbocycles. The van der Waals surface area contributed by atoms with Crippen LogP contribution in [0.1, 0.15) is 70.1 Å². The number of hydrogen-bond acceptors (Lipinski definition) is 11. The number of anilines is 1. The predicted molar refractivity (Wildman–Crippen MR) is 192 cm³/mol. The molecule has 2 aromatic rings. The lowest BCUT2D eigenvalue weighted by Gasteiger charge is -2.33. The highest BCUT2D eigenvalue weighted by atomic mass is 35.5. The zero-order valence-electron chi connectivity index (χ0n) is 28.4. The number of thiazole rings is 1. The Morgan fingerprint density at radius 2 is 1.78 bits per heavy atom. The molecule has 1 aliphatic carbocycles. The number of aliphatic hydroxyl groups is 1. The van der Waals surface area contributed by atoms with Crippen LogP contribution in [-0.4, -0.2) is 91.3 Å². The molecule has 1 aromatic heterocycles. The summed E-state index contributed by atoms with van der Waals surface area (Å²) in [6.45, 7) is 4.72. The summed E-state index contributed by atoms with van der Waals surface area (Å²) in [4.78, 5) is 32.1. The van der Waals surface area contributed by atoms with Gasteiger partial charge in [-0.3, -0.25) is 4.79 Å². The average molecular weight is 745 g/mol. The van der Waals surface area contributed by atoms with Gasteiger partial charge in [0.25, 0.3) is 10.2 Å². The number of esters is 1. The quantitative estimate of drug-likeness (QED) is 0.150. The van der Waals surface area contributed by atoms with Gasteiger partial charge in [-0.1, -0.05) is 76.3 Å². The minimum Gasteiger partial charge on any atom is -0.458 e. The first kappa shape index (κ1) is 41.1. The fourth-order valence-electron chi connectivity index (χ4n) is 6.35. The number of halogens is 1. The van der Waals surface area contributed by atoms with E-state index in [1.807, 2.05) is 19.9 Å². The van der Waals surface area contributed by atoms with E-state index in [-0.39, 0.29) is 57.5 Å². The number of amides is 1. The zero-order valence-corrected chi connectivity index (χ0v) is 30.8. The number of nitrogen functional groups attached to an aromatic ring is 1. The molecule has 4 rings (SSSR count). The second-order valence-electron chi connectivity index (χ2n) is 13.3. The molecule has 1 saturated heterocycles. The molecule has 1 saturated carbocycles. The zero-order chi connectivity index (χ0) is 34.7. The van der Waals surface area contributed by atoms with Gasteiger partial charge in [-0.15, -0.1) is 23.7 Å². The number of rotatable bonds is 17. The van der Waals surface area contributed by atoms with Crippen LogP contribution in [-0.2, 0) is 42.1 Å². The molecule has 13 nitrogen and oxygen atoms in total. The predicted octanol–water partition coefficient (Wildman–Crippen LogP) is 2.57. The molecular weight excluding hydrogens is 692 g/mol. The molecule has 2 heterocycles. The van der Waals surface area contributed by atoms with Crippen LogP contribution < -0.4 is 21.5 Å². The van der Waals surface area contributed by atoms with Gasteiger partial charge in [-0.25, -0.2) is 9.78 Å². The summed E-state index contributed by atoms with van der Waals surface area (Å²) in [6, 6.07) is 5.92. The Labute approximate surface area is 300 Å².